The first-order valence-corrected chi connectivity index (χ1v) is 13.9. The highest BCUT2D eigenvalue weighted by atomic mass is 79.9. The van der Waals surface area contributed by atoms with E-state index in [1.54, 1.807) is 30.0 Å². The average molecular weight is 618 g/mol. The zero-order valence-corrected chi connectivity index (χ0v) is 22.9. The van der Waals surface area contributed by atoms with E-state index in [1.165, 1.54) is 4.90 Å². The third-order valence-corrected chi connectivity index (χ3v) is 10.0. The standard InChI is InChI=1S/C27H26Br2N2O5/c1-15-9-18(36-27(35)17-10-24(32)30(14-17)13-16-5-3-2-4-6-16)7-8-23(15)31-25(33)19-11-21(28)22(29)12-20(19)26(31)34/h2-9,17,19-22H,10-14H2,1H3/t17-,19-,20-,21+,22+/m1/s1. The Morgan fingerprint density at radius 2 is 1.61 bits per heavy atom. The maximum Gasteiger partial charge on any atom is 0.316 e. The fourth-order valence-electron chi connectivity index (χ4n) is 5.36. The molecule has 0 radical (unpaired) electrons. The zero-order valence-electron chi connectivity index (χ0n) is 19.7. The molecular weight excluding hydrogens is 592 g/mol. The molecule has 0 unspecified atom stereocenters. The third-order valence-electron chi connectivity index (χ3n) is 7.30. The van der Waals surface area contributed by atoms with Gasteiger partial charge in [-0.05, 0) is 49.1 Å². The van der Waals surface area contributed by atoms with Gasteiger partial charge < -0.3 is 9.64 Å². The van der Waals surface area contributed by atoms with Crippen molar-refractivity contribution < 1.29 is 23.9 Å². The van der Waals surface area contributed by atoms with Gasteiger partial charge in [-0.3, -0.25) is 19.2 Å². The Morgan fingerprint density at radius 3 is 2.22 bits per heavy atom. The molecule has 2 aliphatic heterocycles. The number of ether oxygens (including phenoxy) is 1. The number of carbonyl (C=O) groups is 4. The minimum absolute atomic E-state index is 0.0729. The molecule has 1 saturated carbocycles. The summed E-state index contributed by atoms with van der Waals surface area (Å²) in [5, 5.41) is 0. The summed E-state index contributed by atoms with van der Waals surface area (Å²) in [5.41, 5.74) is 2.19. The van der Waals surface area contributed by atoms with Crippen LogP contribution in [0.25, 0.3) is 0 Å². The van der Waals surface area contributed by atoms with Crippen molar-refractivity contribution in [2.45, 2.75) is 42.4 Å². The molecule has 0 N–H and O–H groups in total. The number of hydrogen-bond acceptors (Lipinski definition) is 5. The predicted octanol–water partition coefficient (Wildman–Crippen LogP) is 4.38. The first kappa shape index (κ1) is 25.1. The molecule has 5 atom stereocenters. The van der Waals surface area contributed by atoms with E-state index in [2.05, 4.69) is 31.9 Å². The predicted molar refractivity (Wildman–Crippen MR) is 141 cm³/mol. The number of fused-ring (bicyclic) bond motifs is 1. The van der Waals surface area contributed by atoms with Crippen LogP contribution in [0, 0.1) is 24.7 Å². The van der Waals surface area contributed by atoms with Gasteiger partial charge in [0.2, 0.25) is 17.7 Å². The molecule has 188 valence electrons. The second-order valence-corrected chi connectivity index (χ2v) is 12.1. The summed E-state index contributed by atoms with van der Waals surface area (Å²) in [4.78, 5) is 54.8. The van der Waals surface area contributed by atoms with Gasteiger partial charge in [-0.25, -0.2) is 4.90 Å². The first-order valence-electron chi connectivity index (χ1n) is 12.0. The Balaban J connectivity index is 1.25. The summed E-state index contributed by atoms with van der Waals surface area (Å²) in [6.45, 7) is 2.56. The van der Waals surface area contributed by atoms with Gasteiger partial charge in [0.15, 0.2) is 0 Å². The molecule has 0 aromatic heterocycles. The van der Waals surface area contributed by atoms with Gasteiger partial charge in [0.25, 0.3) is 0 Å². The van der Waals surface area contributed by atoms with E-state index in [9.17, 15) is 19.2 Å². The van der Waals surface area contributed by atoms with E-state index in [4.69, 9.17) is 4.74 Å². The number of aryl methyl sites for hydroxylation is 1. The number of anilines is 1. The van der Waals surface area contributed by atoms with E-state index in [0.717, 1.165) is 5.56 Å². The van der Waals surface area contributed by atoms with Crippen molar-refractivity contribution in [1.82, 2.24) is 4.90 Å². The van der Waals surface area contributed by atoms with Crippen LogP contribution in [0.2, 0.25) is 0 Å². The number of nitrogens with zero attached hydrogens (tertiary/aromatic N) is 2. The molecule has 5 rings (SSSR count). The SMILES string of the molecule is Cc1cc(OC(=O)[C@@H]2CC(=O)N(Cc3ccccc3)C2)ccc1N1C(=O)[C@@H]2C[C@H](Br)[C@@H](Br)C[C@H]2C1=O. The van der Waals surface area contributed by atoms with Crippen LogP contribution < -0.4 is 9.64 Å². The number of hydrogen-bond donors (Lipinski definition) is 0. The second kappa shape index (κ2) is 10.1. The average Bonchev–Trinajstić information content (AvgIpc) is 3.32. The molecular formula is C27H26Br2N2O5. The molecule has 1 aliphatic carbocycles. The fourth-order valence-corrected chi connectivity index (χ4v) is 6.60. The largest absolute Gasteiger partial charge is 0.426 e. The summed E-state index contributed by atoms with van der Waals surface area (Å²) < 4.78 is 5.60. The highest BCUT2D eigenvalue weighted by Gasteiger charge is 2.52. The third kappa shape index (κ3) is 4.75. The topological polar surface area (TPSA) is 84.0 Å². The van der Waals surface area contributed by atoms with Crippen molar-refractivity contribution in [1.29, 1.82) is 0 Å². The number of esters is 1. The highest BCUT2D eigenvalue weighted by molar-refractivity contribution is 9.12. The normalized spacial score (nSPS) is 28.0. The van der Waals surface area contributed by atoms with Crippen LogP contribution in [0.3, 0.4) is 0 Å². The van der Waals surface area contributed by atoms with E-state index in [0.29, 0.717) is 42.9 Å². The summed E-state index contributed by atoms with van der Waals surface area (Å²) in [6, 6.07) is 14.6. The maximum atomic E-state index is 13.1. The molecule has 2 heterocycles. The summed E-state index contributed by atoms with van der Waals surface area (Å²) in [5.74, 6) is -1.76. The molecule has 0 spiro atoms. The fraction of sp³-hybridized carbons (Fsp3) is 0.407. The summed E-state index contributed by atoms with van der Waals surface area (Å²) in [7, 11) is 0. The zero-order chi connectivity index (χ0) is 25.6. The van der Waals surface area contributed by atoms with Crippen LogP contribution in [-0.4, -0.2) is 44.8 Å². The minimum atomic E-state index is -0.541. The molecule has 9 heteroatoms. The Hall–Kier alpha value is -2.52. The molecule has 2 saturated heterocycles. The van der Waals surface area contributed by atoms with E-state index in [1.807, 2.05) is 30.3 Å². The lowest BCUT2D eigenvalue weighted by Crippen LogP contribution is -2.34. The van der Waals surface area contributed by atoms with Gasteiger partial charge in [0, 0.05) is 29.2 Å². The van der Waals surface area contributed by atoms with Gasteiger partial charge >= 0.3 is 5.97 Å². The summed E-state index contributed by atoms with van der Waals surface area (Å²) in [6.07, 6.45) is 1.33. The quantitative estimate of drug-likeness (QED) is 0.215. The number of alkyl halides is 2. The number of carbonyl (C=O) groups excluding carboxylic acids is 4. The van der Waals surface area contributed by atoms with Crippen molar-refractivity contribution in [3.63, 3.8) is 0 Å². The minimum Gasteiger partial charge on any atom is -0.426 e. The van der Waals surface area contributed by atoms with Crippen molar-refractivity contribution in [2.24, 2.45) is 17.8 Å². The van der Waals surface area contributed by atoms with Gasteiger partial charge in [0.1, 0.15) is 5.75 Å². The van der Waals surface area contributed by atoms with Gasteiger partial charge in [-0.15, -0.1) is 0 Å². The van der Waals surface area contributed by atoms with Crippen LogP contribution in [0.4, 0.5) is 5.69 Å². The van der Waals surface area contributed by atoms with E-state index in [-0.39, 0.29) is 45.6 Å². The monoisotopic (exact) mass is 616 g/mol. The molecule has 2 aromatic rings. The lowest BCUT2D eigenvalue weighted by Gasteiger charge is -2.29. The molecule has 2 aromatic carbocycles. The number of rotatable bonds is 5. The number of benzene rings is 2. The van der Waals surface area contributed by atoms with Crippen LogP contribution in [0.5, 0.6) is 5.75 Å². The number of likely N-dealkylation sites (tertiary alicyclic amines) is 1. The van der Waals surface area contributed by atoms with E-state index >= 15 is 0 Å². The van der Waals surface area contributed by atoms with Crippen molar-refractivity contribution in [2.75, 3.05) is 11.4 Å². The van der Waals surface area contributed by atoms with Crippen molar-refractivity contribution >= 4 is 61.2 Å². The molecule has 0 bridgehead atoms. The molecule has 3 fully saturated rings. The van der Waals surface area contributed by atoms with Gasteiger partial charge in [-0.2, -0.15) is 0 Å². The molecule has 7 nitrogen and oxygen atoms in total. The van der Waals surface area contributed by atoms with Crippen molar-refractivity contribution in [3.8, 4) is 5.75 Å². The van der Waals surface area contributed by atoms with Crippen LogP contribution in [0.15, 0.2) is 48.5 Å². The Kier molecular flexibility index (Phi) is 7.05. The molecule has 3 aliphatic rings. The smallest absolute Gasteiger partial charge is 0.316 e. The number of imide groups is 1. The van der Waals surface area contributed by atoms with Crippen molar-refractivity contribution in [3.05, 3.63) is 59.7 Å². The number of halogens is 2. The molecule has 3 amide bonds. The second-order valence-electron chi connectivity index (χ2n) is 9.76. The van der Waals surface area contributed by atoms with Crippen LogP contribution in [0.1, 0.15) is 30.4 Å². The lowest BCUT2D eigenvalue weighted by atomic mass is 9.81. The Bertz CT molecular complexity index is 1190. The Morgan fingerprint density at radius 1 is 0.972 bits per heavy atom. The number of amides is 3. The lowest BCUT2D eigenvalue weighted by molar-refractivity contribution is -0.139. The van der Waals surface area contributed by atoms with E-state index < -0.39 is 11.9 Å². The molecule has 36 heavy (non-hydrogen) atoms. The first-order chi connectivity index (χ1) is 17.2. The van der Waals surface area contributed by atoms with Crippen LogP contribution in [-0.2, 0) is 25.7 Å². The highest BCUT2D eigenvalue weighted by Crippen LogP contribution is 2.45. The summed E-state index contributed by atoms with van der Waals surface area (Å²) >= 11 is 7.22. The van der Waals surface area contributed by atoms with Gasteiger partial charge in [-0.1, -0.05) is 62.2 Å². The maximum absolute atomic E-state index is 13.1. The Labute approximate surface area is 226 Å². The van der Waals surface area contributed by atoms with Crippen LogP contribution >= 0.6 is 31.9 Å². The van der Waals surface area contributed by atoms with Gasteiger partial charge in [0.05, 0.1) is 23.4 Å².